The first-order valence-electron chi connectivity index (χ1n) is 6.54. The zero-order valence-electron chi connectivity index (χ0n) is 11.3. The van der Waals surface area contributed by atoms with E-state index in [0.29, 0.717) is 12.1 Å². The van der Waals surface area contributed by atoms with Crippen LogP contribution in [-0.2, 0) is 6.54 Å². The number of benzene rings is 2. The molecule has 0 atom stereocenters. The predicted octanol–water partition coefficient (Wildman–Crippen LogP) is 2.75. The van der Waals surface area contributed by atoms with Crippen molar-refractivity contribution in [1.82, 2.24) is 14.8 Å². The molecule has 0 amide bonds. The number of hydrogen-bond donors (Lipinski definition) is 1. The number of aromatic nitrogens is 3. The molecule has 5 heteroatoms. The summed E-state index contributed by atoms with van der Waals surface area (Å²) in [7, 11) is 0. The van der Waals surface area contributed by atoms with Crippen LogP contribution in [0.3, 0.4) is 0 Å². The highest BCUT2D eigenvalue weighted by atomic mass is 15.2. The molecule has 21 heavy (non-hydrogen) atoms. The fourth-order valence-electron chi connectivity index (χ4n) is 2.09. The minimum absolute atomic E-state index is 0.607. The van der Waals surface area contributed by atoms with Gasteiger partial charge in [0.25, 0.3) is 0 Å². The van der Waals surface area contributed by atoms with Crippen LogP contribution in [0.1, 0.15) is 11.1 Å². The van der Waals surface area contributed by atoms with Crippen LogP contribution >= 0.6 is 0 Å². The summed E-state index contributed by atoms with van der Waals surface area (Å²) in [5, 5.41) is 20.0. The van der Waals surface area contributed by atoms with Gasteiger partial charge in [-0.3, -0.25) is 4.57 Å². The fourth-order valence-corrected chi connectivity index (χ4v) is 2.09. The number of nitrogens with zero attached hydrogens (tertiary/aromatic N) is 4. The molecular weight excluding hydrogens is 262 g/mol. The van der Waals surface area contributed by atoms with Gasteiger partial charge in [0.1, 0.15) is 12.7 Å². The van der Waals surface area contributed by atoms with Gasteiger partial charge in [0.2, 0.25) is 0 Å². The zero-order valence-corrected chi connectivity index (χ0v) is 11.3. The third-order valence-corrected chi connectivity index (χ3v) is 3.18. The summed E-state index contributed by atoms with van der Waals surface area (Å²) in [6.07, 6.45) is 3.31. The Morgan fingerprint density at radius 3 is 2.67 bits per heavy atom. The summed E-state index contributed by atoms with van der Waals surface area (Å²) in [6, 6.07) is 17.7. The van der Waals surface area contributed by atoms with Crippen molar-refractivity contribution in [1.29, 1.82) is 5.26 Å². The molecule has 3 aromatic rings. The molecule has 0 unspecified atom stereocenters. The standard InChI is InChI=1S/C16H13N5/c17-9-13-4-1-2-5-14(13)10-18-15-6-3-7-16(8-15)21-11-19-20-12-21/h1-8,11-12,18H,10H2. The lowest BCUT2D eigenvalue weighted by atomic mass is 10.1. The summed E-state index contributed by atoms with van der Waals surface area (Å²) in [4.78, 5) is 0. The van der Waals surface area contributed by atoms with Crippen LogP contribution < -0.4 is 5.32 Å². The number of hydrogen-bond acceptors (Lipinski definition) is 4. The van der Waals surface area contributed by atoms with Crippen LogP contribution in [0.25, 0.3) is 5.69 Å². The molecule has 3 rings (SSSR count). The quantitative estimate of drug-likeness (QED) is 0.795. The van der Waals surface area contributed by atoms with Gasteiger partial charge < -0.3 is 5.32 Å². The van der Waals surface area contributed by atoms with E-state index < -0.39 is 0 Å². The van der Waals surface area contributed by atoms with Crippen molar-refractivity contribution < 1.29 is 0 Å². The van der Waals surface area contributed by atoms with Crippen molar-refractivity contribution in [3.8, 4) is 11.8 Å². The third kappa shape index (κ3) is 2.90. The number of rotatable bonds is 4. The van der Waals surface area contributed by atoms with Gasteiger partial charge in [-0.25, -0.2) is 0 Å². The number of anilines is 1. The molecule has 5 nitrogen and oxygen atoms in total. The summed E-state index contributed by atoms with van der Waals surface area (Å²) in [5.41, 5.74) is 3.64. The van der Waals surface area contributed by atoms with Crippen LogP contribution in [-0.4, -0.2) is 14.8 Å². The molecule has 2 aromatic carbocycles. The van der Waals surface area contributed by atoms with Gasteiger partial charge in [-0.05, 0) is 29.8 Å². The van der Waals surface area contributed by atoms with E-state index >= 15 is 0 Å². The van der Waals surface area contributed by atoms with E-state index in [2.05, 4.69) is 21.6 Å². The summed E-state index contributed by atoms with van der Waals surface area (Å²) < 4.78 is 1.84. The molecule has 0 radical (unpaired) electrons. The van der Waals surface area contributed by atoms with Gasteiger partial charge in [0.15, 0.2) is 0 Å². The Labute approximate surface area is 122 Å². The second kappa shape index (κ2) is 5.88. The number of nitriles is 1. The van der Waals surface area contributed by atoms with Crippen molar-refractivity contribution >= 4 is 5.69 Å². The first-order valence-corrected chi connectivity index (χ1v) is 6.54. The van der Waals surface area contributed by atoms with E-state index in [4.69, 9.17) is 5.26 Å². The van der Waals surface area contributed by atoms with Crippen LogP contribution in [0.15, 0.2) is 61.2 Å². The van der Waals surface area contributed by atoms with Crippen LogP contribution in [0.2, 0.25) is 0 Å². The SMILES string of the molecule is N#Cc1ccccc1CNc1cccc(-n2cnnc2)c1. The highest BCUT2D eigenvalue weighted by molar-refractivity contribution is 5.52. The second-order valence-electron chi connectivity index (χ2n) is 4.54. The maximum atomic E-state index is 9.09. The molecule has 0 saturated carbocycles. The zero-order chi connectivity index (χ0) is 14.5. The van der Waals surface area contributed by atoms with Crippen LogP contribution in [0.4, 0.5) is 5.69 Å². The van der Waals surface area contributed by atoms with Crippen LogP contribution in [0, 0.1) is 11.3 Å². The molecule has 0 spiro atoms. The molecule has 0 bridgehead atoms. The molecule has 1 heterocycles. The molecule has 0 saturated heterocycles. The number of nitrogens with one attached hydrogen (secondary N) is 1. The largest absolute Gasteiger partial charge is 0.381 e. The minimum atomic E-state index is 0.607. The Hall–Kier alpha value is -3.13. The maximum Gasteiger partial charge on any atom is 0.123 e. The van der Waals surface area contributed by atoms with E-state index in [1.807, 2.05) is 53.1 Å². The summed E-state index contributed by atoms with van der Waals surface area (Å²) >= 11 is 0. The first kappa shape index (κ1) is 12.9. The average molecular weight is 275 g/mol. The Kier molecular flexibility index (Phi) is 3.61. The van der Waals surface area contributed by atoms with E-state index in [-0.39, 0.29) is 0 Å². The normalized spacial score (nSPS) is 10.0. The molecule has 1 N–H and O–H groups in total. The molecular formula is C16H13N5. The van der Waals surface area contributed by atoms with Gasteiger partial charge in [-0.1, -0.05) is 24.3 Å². The van der Waals surface area contributed by atoms with Crippen LogP contribution in [0.5, 0.6) is 0 Å². The average Bonchev–Trinajstić information content (AvgIpc) is 3.08. The molecule has 0 aliphatic rings. The Bertz CT molecular complexity index is 771. The topological polar surface area (TPSA) is 66.5 Å². The van der Waals surface area contributed by atoms with Gasteiger partial charge in [0, 0.05) is 12.2 Å². The lowest BCUT2D eigenvalue weighted by Gasteiger charge is -2.09. The minimum Gasteiger partial charge on any atom is -0.381 e. The van der Waals surface area contributed by atoms with Gasteiger partial charge in [0.05, 0.1) is 17.3 Å². The molecule has 1 aromatic heterocycles. The molecule has 0 aliphatic heterocycles. The maximum absolute atomic E-state index is 9.09. The molecule has 0 fully saturated rings. The Morgan fingerprint density at radius 1 is 1.05 bits per heavy atom. The van der Waals surface area contributed by atoms with Crippen molar-refractivity contribution in [2.75, 3.05) is 5.32 Å². The van der Waals surface area contributed by atoms with Gasteiger partial charge in [-0.2, -0.15) is 5.26 Å². The fraction of sp³-hybridized carbons (Fsp3) is 0.0625. The monoisotopic (exact) mass is 275 g/mol. The van der Waals surface area contributed by atoms with Gasteiger partial charge in [-0.15, -0.1) is 10.2 Å². The Balaban J connectivity index is 1.77. The van der Waals surface area contributed by atoms with E-state index in [9.17, 15) is 0 Å². The van der Waals surface area contributed by atoms with Crippen molar-refractivity contribution in [3.05, 3.63) is 72.3 Å². The second-order valence-corrected chi connectivity index (χ2v) is 4.54. The summed E-state index contributed by atoms with van der Waals surface area (Å²) in [5.74, 6) is 0. The van der Waals surface area contributed by atoms with Crippen molar-refractivity contribution in [2.45, 2.75) is 6.54 Å². The predicted molar refractivity (Wildman–Crippen MR) is 79.8 cm³/mol. The first-order chi connectivity index (χ1) is 10.4. The third-order valence-electron chi connectivity index (χ3n) is 3.18. The lowest BCUT2D eigenvalue weighted by Crippen LogP contribution is -2.02. The lowest BCUT2D eigenvalue weighted by molar-refractivity contribution is 1.05. The smallest absolute Gasteiger partial charge is 0.123 e. The molecule has 102 valence electrons. The van der Waals surface area contributed by atoms with Crippen molar-refractivity contribution in [3.63, 3.8) is 0 Å². The van der Waals surface area contributed by atoms with E-state index in [0.717, 1.165) is 16.9 Å². The highest BCUT2D eigenvalue weighted by Crippen LogP contribution is 2.16. The molecule has 0 aliphatic carbocycles. The highest BCUT2D eigenvalue weighted by Gasteiger charge is 2.02. The Morgan fingerprint density at radius 2 is 1.86 bits per heavy atom. The van der Waals surface area contributed by atoms with Crippen molar-refractivity contribution in [2.24, 2.45) is 0 Å². The van der Waals surface area contributed by atoms with Gasteiger partial charge >= 0.3 is 0 Å². The van der Waals surface area contributed by atoms with E-state index in [1.165, 1.54) is 0 Å². The summed E-state index contributed by atoms with van der Waals surface area (Å²) in [6.45, 7) is 0.607. The van der Waals surface area contributed by atoms with E-state index in [1.54, 1.807) is 12.7 Å².